The van der Waals surface area contributed by atoms with Gasteiger partial charge in [0.05, 0.1) is 5.33 Å². The third-order valence-electron chi connectivity index (χ3n) is 0.652. The summed E-state index contributed by atoms with van der Waals surface area (Å²) in [5.41, 5.74) is 0. The largest absolute Gasteiger partial charge is 0.0876 e. The van der Waals surface area contributed by atoms with Crippen LogP contribution in [0.5, 0.6) is 0 Å². The summed E-state index contributed by atoms with van der Waals surface area (Å²) in [4.78, 5) is 0. The molecule has 0 aliphatic heterocycles. The van der Waals surface area contributed by atoms with Crippen LogP contribution in [0.4, 0.5) is 0 Å². The molecular formula is C8H9Br. The molecule has 0 bridgehead atoms. The molecule has 0 aliphatic carbocycles. The van der Waals surface area contributed by atoms with Gasteiger partial charge in [-0.25, -0.2) is 0 Å². The Kier molecular flexibility index (Phi) is 7.12. The van der Waals surface area contributed by atoms with Crippen LogP contribution in [-0.4, -0.2) is 5.33 Å². The van der Waals surface area contributed by atoms with Crippen molar-refractivity contribution in [3.05, 3.63) is 24.3 Å². The fourth-order valence-electron chi connectivity index (χ4n) is 0.312. The summed E-state index contributed by atoms with van der Waals surface area (Å²) >= 11 is 3.19. The SMILES string of the molecule is C/C=C/C=C/C#CCBr. The number of halogens is 1. The first-order valence-electron chi connectivity index (χ1n) is 2.74. The zero-order valence-corrected chi connectivity index (χ0v) is 6.98. The van der Waals surface area contributed by atoms with Crippen molar-refractivity contribution >= 4 is 15.9 Å². The van der Waals surface area contributed by atoms with Gasteiger partial charge in [-0.2, -0.15) is 0 Å². The van der Waals surface area contributed by atoms with Crippen LogP contribution in [0.2, 0.25) is 0 Å². The van der Waals surface area contributed by atoms with Crippen molar-refractivity contribution in [2.24, 2.45) is 0 Å². The maximum Gasteiger partial charge on any atom is 0.0649 e. The molecule has 0 aromatic rings. The van der Waals surface area contributed by atoms with Crippen molar-refractivity contribution in [3.63, 3.8) is 0 Å². The third-order valence-corrected chi connectivity index (χ3v) is 0.932. The smallest absolute Gasteiger partial charge is 0.0649 e. The number of hydrogen-bond acceptors (Lipinski definition) is 0. The summed E-state index contributed by atoms with van der Waals surface area (Å²) < 4.78 is 0. The molecule has 0 atom stereocenters. The average Bonchev–Trinajstić information content (AvgIpc) is 1.89. The number of allylic oxidation sites excluding steroid dienone is 4. The zero-order valence-electron chi connectivity index (χ0n) is 5.39. The lowest BCUT2D eigenvalue weighted by Crippen LogP contribution is -1.55. The summed E-state index contributed by atoms with van der Waals surface area (Å²) in [6.07, 6.45) is 7.64. The molecule has 0 nitrogen and oxygen atoms in total. The zero-order chi connectivity index (χ0) is 6.95. The fraction of sp³-hybridized carbons (Fsp3) is 0.250. The third kappa shape index (κ3) is 7.52. The van der Waals surface area contributed by atoms with Crippen LogP contribution in [0.25, 0.3) is 0 Å². The highest BCUT2D eigenvalue weighted by molar-refractivity contribution is 9.09. The number of hydrogen-bond donors (Lipinski definition) is 0. The van der Waals surface area contributed by atoms with E-state index in [9.17, 15) is 0 Å². The minimum Gasteiger partial charge on any atom is -0.0876 e. The predicted molar refractivity (Wildman–Crippen MR) is 45.5 cm³/mol. The molecule has 1 heteroatoms. The molecular weight excluding hydrogens is 176 g/mol. The van der Waals surface area contributed by atoms with E-state index in [0.29, 0.717) is 0 Å². The van der Waals surface area contributed by atoms with Crippen molar-refractivity contribution in [2.45, 2.75) is 6.92 Å². The summed E-state index contributed by atoms with van der Waals surface area (Å²) in [7, 11) is 0. The van der Waals surface area contributed by atoms with E-state index in [-0.39, 0.29) is 0 Å². The Morgan fingerprint density at radius 2 is 2.22 bits per heavy atom. The molecule has 0 aliphatic rings. The van der Waals surface area contributed by atoms with E-state index >= 15 is 0 Å². The molecule has 0 saturated heterocycles. The lowest BCUT2D eigenvalue weighted by Gasteiger charge is -1.66. The molecule has 0 fully saturated rings. The van der Waals surface area contributed by atoms with Crippen LogP contribution >= 0.6 is 15.9 Å². The molecule has 0 radical (unpaired) electrons. The van der Waals surface area contributed by atoms with Gasteiger partial charge in [0.1, 0.15) is 0 Å². The Morgan fingerprint density at radius 3 is 2.78 bits per heavy atom. The normalized spacial score (nSPS) is 10.0. The van der Waals surface area contributed by atoms with Crippen LogP contribution in [0.15, 0.2) is 24.3 Å². The Labute approximate surface area is 64.8 Å². The van der Waals surface area contributed by atoms with Gasteiger partial charge in [0.15, 0.2) is 0 Å². The molecule has 0 spiro atoms. The van der Waals surface area contributed by atoms with E-state index < -0.39 is 0 Å². The summed E-state index contributed by atoms with van der Waals surface area (Å²) in [5, 5.41) is 0.743. The van der Waals surface area contributed by atoms with Gasteiger partial charge in [-0.05, 0) is 13.0 Å². The molecule has 48 valence electrons. The topological polar surface area (TPSA) is 0 Å². The Morgan fingerprint density at radius 1 is 1.44 bits per heavy atom. The molecule has 0 unspecified atom stereocenters. The highest BCUT2D eigenvalue weighted by atomic mass is 79.9. The summed E-state index contributed by atoms with van der Waals surface area (Å²) in [5.74, 6) is 5.69. The molecule has 0 saturated carbocycles. The molecule has 9 heavy (non-hydrogen) atoms. The second-order valence-corrected chi connectivity index (χ2v) is 1.90. The standard InChI is InChI=1S/C8H9Br/c1-2-3-4-5-6-7-8-9/h2-5H,8H2,1H3/b3-2+,5-4+. The second kappa shape index (κ2) is 7.52. The number of rotatable bonds is 1. The Bertz CT molecular complexity index is 155. The lowest BCUT2D eigenvalue weighted by molar-refractivity contribution is 1.74. The molecule has 0 N–H and O–H groups in total. The summed E-state index contributed by atoms with van der Waals surface area (Å²) in [6.45, 7) is 1.97. The van der Waals surface area contributed by atoms with Gasteiger partial charge in [-0.1, -0.05) is 46.0 Å². The van der Waals surface area contributed by atoms with Gasteiger partial charge in [0, 0.05) is 0 Å². The van der Waals surface area contributed by atoms with Gasteiger partial charge in [0.25, 0.3) is 0 Å². The summed E-state index contributed by atoms with van der Waals surface area (Å²) in [6, 6.07) is 0. The first-order chi connectivity index (χ1) is 4.41. The van der Waals surface area contributed by atoms with Gasteiger partial charge in [-0.3, -0.25) is 0 Å². The second-order valence-electron chi connectivity index (χ2n) is 1.34. The van der Waals surface area contributed by atoms with Crippen molar-refractivity contribution < 1.29 is 0 Å². The first kappa shape index (κ1) is 8.52. The van der Waals surface area contributed by atoms with Crippen molar-refractivity contribution in [1.82, 2.24) is 0 Å². The van der Waals surface area contributed by atoms with Gasteiger partial charge < -0.3 is 0 Å². The van der Waals surface area contributed by atoms with Crippen LogP contribution in [-0.2, 0) is 0 Å². The van der Waals surface area contributed by atoms with E-state index in [1.165, 1.54) is 0 Å². The van der Waals surface area contributed by atoms with E-state index in [1.807, 2.05) is 31.2 Å². The first-order valence-corrected chi connectivity index (χ1v) is 3.86. The highest BCUT2D eigenvalue weighted by Crippen LogP contribution is 1.76. The van der Waals surface area contributed by atoms with E-state index in [1.54, 1.807) is 0 Å². The highest BCUT2D eigenvalue weighted by Gasteiger charge is 1.58. The van der Waals surface area contributed by atoms with Gasteiger partial charge in [0.2, 0.25) is 0 Å². The minimum atomic E-state index is 0.743. The van der Waals surface area contributed by atoms with E-state index in [2.05, 4.69) is 27.8 Å². The Hall–Kier alpha value is -0.480. The average molecular weight is 185 g/mol. The monoisotopic (exact) mass is 184 g/mol. The maximum absolute atomic E-state index is 3.19. The molecule has 0 heterocycles. The van der Waals surface area contributed by atoms with Crippen LogP contribution < -0.4 is 0 Å². The quantitative estimate of drug-likeness (QED) is 0.334. The van der Waals surface area contributed by atoms with Crippen LogP contribution in [0, 0.1) is 11.8 Å². The van der Waals surface area contributed by atoms with E-state index in [4.69, 9.17) is 0 Å². The lowest BCUT2D eigenvalue weighted by atomic mass is 10.4. The van der Waals surface area contributed by atoms with Crippen LogP contribution in [0.1, 0.15) is 6.92 Å². The fourth-order valence-corrected chi connectivity index (χ4v) is 0.474. The maximum atomic E-state index is 3.19. The van der Waals surface area contributed by atoms with Crippen molar-refractivity contribution in [1.29, 1.82) is 0 Å². The molecule has 0 rings (SSSR count). The molecule has 0 aromatic carbocycles. The predicted octanol–water partition coefficient (Wildman–Crippen LogP) is 2.52. The van der Waals surface area contributed by atoms with Gasteiger partial charge in [-0.15, -0.1) is 0 Å². The molecule has 0 amide bonds. The van der Waals surface area contributed by atoms with Crippen LogP contribution in [0.3, 0.4) is 0 Å². The van der Waals surface area contributed by atoms with E-state index in [0.717, 1.165) is 5.33 Å². The molecule has 0 aromatic heterocycles. The Balaban J connectivity index is 3.46. The van der Waals surface area contributed by atoms with Gasteiger partial charge >= 0.3 is 0 Å². The van der Waals surface area contributed by atoms with Crippen molar-refractivity contribution in [3.8, 4) is 11.8 Å². The minimum absolute atomic E-state index is 0.743. The number of alkyl halides is 1. The van der Waals surface area contributed by atoms with Crippen molar-refractivity contribution in [2.75, 3.05) is 5.33 Å².